The minimum atomic E-state index is 0.507. The number of anilines is 1. The molecular weight excluding hydrogens is 351 g/mol. The Balaban J connectivity index is 1.84. The Labute approximate surface area is 126 Å². The van der Waals surface area contributed by atoms with Crippen molar-refractivity contribution in [1.82, 2.24) is 14.5 Å². The van der Waals surface area contributed by atoms with Crippen LogP contribution < -0.4 is 5.73 Å². The fraction of sp³-hybridized carbons (Fsp3) is 0.500. The van der Waals surface area contributed by atoms with Crippen molar-refractivity contribution in [2.45, 2.75) is 18.9 Å². The minimum absolute atomic E-state index is 0.507. The van der Waals surface area contributed by atoms with Crippen molar-refractivity contribution in [1.29, 1.82) is 0 Å². The van der Waals surface area contributed by atoms with Crippen LogP contribution >= 0.6 is 22.6 Å². The lowest BCUT2D eigenvalue weighted by Gasteiger charge is -2.45. The fourth-order valence-electron chi connectivity index (χ4n) is 3.67. The Morgan fingerprint density at radius 1 is 1.26 bits per heavy atom. The van der Waals surface area contributed by atoms with Crippen LogP contribution in [0.2, 0.25) is 0 Å². The number of hydrogen-bond donors (Lipinski definition) is 1. The SMILES string of the molecule is Nc1nc2cc(I)ccc2n1C1CN2CCC1CC2. The van der Waals surface area contributed by atoms with Gasteiger partial charge in [-0.1, -0.05) is 0 Å². The van der Waals surface area contributed by atoms with E-state index in [0.717, 1.165) is 18.0 Å². The second-order valence-electron chi connectivity index (χ2n) is 5.68. The summed E-state index contributed by atoms with van der Waals surface area (Å²) in [6.07, 6.45) is 2.60. The summed E-state index contributed by atoms with van der Waals surface area (Å²) >= 11 is 2.32. The molecule has 19 heavy (non-hydrogen) atoms. The molecule has 0 saturated carbocycles. The molecule has 1 aromatic heterocycles. The standard InChI is InChI=1S/C14H17IN4/c15-10-1-2-12-11(7-10)17-14(16)19(12)13-8-18-5-3-9(13)4-6-18/h1-2,7,9,13H,3-6,8H2,(H2,16,17). The summed E-state index contributed by atoms with van der Waals surface area (Å²) in [5.74, 6) is 1.44. The number of nitrogens with zero attached hydrogens (tertiary/aromatic N) is 3. The van der Waals surface area contributed by atoms with E-state index in [4.69, 9.17) is 5.73 Å². The molecule has 5 rings (SSSR count). The predicted octanol–water partition coefficient (Wildman–Crippen LogP) is 2.49. The molecule has 2 aromatic rings. The maximum Gasteiger partial charge on any atom is 0.201 e. The van der Waals surface area contributed by atoms with Crippen LogP contribution in [0.25, 0.3) is 11.0 Å². The van der Waals surface area contributed by atoms with Crippen LogP contribution in [0.4, 0.5) is 5.95 Å². The number of aromatic nitrogens is 2. The molecule has 4 heterocycles. The number of hydrogen-bond acceptors (Lipinski definition) is 3. The van der Waals surface area contributed by atoms with Gasteiger partial charge < -0.3 is 15.2 Å². The summed E-state index contributed by atoms with van der Waals surface area (Å²) in [6, 6.07) is 6.93. The Bertz CT molecular complexity index is 628. The van der Waals surface area contributed by atoms with Gasteiger partial charge in [0, 0.05) is 10.1 Å². The van der Waals surface area contributed by atoms with Crippen molar-refractivity contribution in [3.05, 3.63) is 21.8 Å². The third-order valence-corrected chi connectivity index (χ3v) is 5.30. The van der Waals surface area contributed by atoms with Crippen LogP contribution in [-0.4, -0.2) is 34.1 Å². The molecule has 0 spiro atoms. The summed E-state index contributed by atoms with van der Waals surface area (Å²) in [5, 5.41) is 0. The van der Waals surface area contributed by atoms with E-state index >= 15 is 0 Å². The average Bonchev–Trinajstić information content (AvgIpc) is 2.75. The second-order valence-corrected chi connectivity index (χ2v) is 6.92. The van der Waals surface area contributed by atoms with Crippen molar-refractivity contribution in [3.63, 3.8) is 0 Å². The predicted molar refractivity (Wildman–Crippen MR) is 85.1 cm³/mol. The zero-order valence-corrected chi connectivity index (χ0v) is 12.9. The highest BCUT2D eigenvalue weighted by atomic mass is 127. The van der Waals surface area contributed by atoms with Gasteiger partial charge in [0.1, 0.15) is 0 Å². The van der Waals surface area contributed by atoms with Gasteiger partial charge >= 0.3 is 0 Å². The summed E-state index contributed by atoms with van der Waals surface area (Å²) in [4.78, 5) is 7.11. The summed E-state index contributed by atoms with van der Waals surface area (Å²) in [5.41, 5.74) is 8.42. The Morgan fingerprint density at radius 3 is 2.74 bits per heavy atom. The zero-order chi connectivity index (χ0) is 13.0. The van der Waals surface area contributed by atoms with Crippen molar-refractivity contribution < 1.29 is 0 Å². The molecule has 1 aromatic carbocycles. The van der Waals surface area contributed by atoms with Crippen molar-refractivity contribution >= 4 is 39.6 Å². The van der Waals surface area contributed by atoms with Gasteiger partial charge in [-0.3, -0.25) is 0 Å². The monoisotopic (exact) mass is 368 g/mol. The first-order valence-corrected chi connectivity index (χ1v) is 7.95. The number of benzene rings is 1. The molecule has 3 saturated heterocycles. The van der Waals surface area contributed by atoms with Crippen LogP contribution in [0, 0.1) is 9.49 Å². The first kappa shape index (κ1) is 12.0. The highest BCUT2D eigenvalue weighted by Gasteiger charge is 2.36. The highest BCUT2D eigenvalue weighted by molar-refractivity contribution is 14.1. The smallest absolute Gasteiger partial charge is 0.201 e. The topological polar surface area (TPSA) is 47.1 Å². The van der Waals surface area contributed by atoms with E-state index in [1.54, 1.807) is 0 Å². The summed E-state index contributed by atoms with van der Waals surface area (Å²) in [6.45, 7) is 3.64. The first-order valence-electron chi connectivity index (χ1n) is 6.88. The molecular formula is C14H17IN4. The Hall–Kier alpha value is -0.820. The molecule has 100 valence electrons. The summed E-state index contributed by atoms with van der Waals surface area (Å²) in [7, 11) is 0. The molecule has 5 heteroatoms. The van der Waals surface area contributed by atoms with Gasteiger partial charge in [0.25, 0.3) is 0 Å². The van der Waals surface area contributed by atoms with Crippen molar-refractivity contribution in [2.24, 2.45) is 5.92 Å². The van der Waals surface area contributed by atoms with Gasteiger partial charge in [-0.15, -0.1) is 0 Å². The van der Waals surface area contributed by atoms with Gasteiger partial charge in [0.15, 0.2) is 0 Å². The fourth-order valence-corrected chi connectivity index (χ4v) is 4.14. The number of nitrogens with two attached hydrogens (primary N) is 1. The number of piperidine rings is 3. The molecule has 0 aliphatic carbocycles. The lowest BCUT2D eigenvalue weighted by Crippen LogP contribution is -2.48. The van der Waals surface area contributed by atoms with Gasteiger partial charge in [-0.2, -0.15) is 0 Å². The number of nitrogen functional groups attached to an aromatic ring is 1. The number of imidazole rings is 1. The van der Waals surface area contributed by atoms with Gasteiger partial charge in [-0.25, -0.2) is 4.98 Å². The first-order chi connectivity index (χ1) is 9.22. The lowest BCUT2D eigenvalue weighted by atomic mass is 9.84. The van der Waals surface area contributed by atoms with Crippen LogP contribution in [0.3, 0.4) is 0 Å². The molecule has 0 amide bonds. The number of rotatable bonds is 1. The maximum absolute atomic E-state index is 6.20. The van der Waals surface area contributed by atoms with E-state index in [1.807, 2.05) is 0 Å². The van der Waals surface area contributed by atoms with E-state index in [-0.39, 0.29) is 0 Å². The maximum atomic E-state index is 6.20. The van der Waals surface area contributed by atoms with Crippen molar-refractivity contribution in [2.75, 3.05) is 25.4 Å². The van der Waals surface area contributed by atoms with E-state index < -0.39 is 0 Å². The van der Waals surface area contributed by atoms with Gasteiger partial charge in [0.05, 0.1) is 17.1 Å². The quantitative estimate of drug-likeness (QED) is 0.787. The molecule has 2 bridgehead atoms. The number of halogens is 1. The Kier molecular flexibility index (Phi) is 2.73. The summed E-state index contributed by atoms with van der Waals surface area (Å²) < 4.78 is 3.49. The normalized spacial score (nSPS) is 30.1. The third-order valence-electron chi connectivity index (χ3n) is 4.63. The van der Waals surface area contributed by atoms with E-state index in [1.165, 1.54) is 35.0 Å². The molecule has 3 aliphatic rings. The molecule has 3 aliphatic heterocycles. The van der Waals surface area contributed by atoms with E-state index in [2.05, 4.69) is 55.2 Å². The van der Waals surface area contributed by atoms with Crippen molar-refractivity contribution in [3.8, 4) is 0 Å². The third kappa shape index (κ3) is 1.86. The van der Waals surface area contributed by atoms with Gasteiger partial charge in [0.2, 0.25) is 5.95 Å². The molecule has 1 unspecified atom stereocenters. The Morgan fingerprint density at radius 2 is 2.05 bits per heavy atom. The molecule has 3 fully saturated rings. The average molecular weight is 368 g/mol. The molecule has 0 radical (unpaired) electrons. The lowest BCUT2D eigenvalue weighted by molar-refractivity contribution is 0.0598. The van der Waals surface area contributed by atoms with Gasteiger partial charge in [-0.05, 0) is 72.6 Å². The van der Waals surface area contributed by atoms with Crippen LogP contribution in [0.1, 0.15) is 18.9 Å². The highest BCUT2D eigenvalue weighted by Crippen LogP contribution is 2.38. The van der Waals surface area contributed by atoms with Crippen LogP contribution in [0.5, 0.6) is 0 Å². The second kappa shape index (κ2) is 4.34. The van der Waals surface area contributed by atoms with Crippen LogP contribution in [-0.2, 0) is 0 Å². The van der Waals surface area contributed by atoms with Crippen LogP contribution in [0.15, 0.2) is 18.2 Å². The molecule has 4 nitrogen and oxygen atoms in total. The minimum Gasteiger partial charge on any atom is -0.369 e. The molecule has 1 atom stereocenters. The molecule has 2 N–H and O–H groups in total. The van der Waals surface area contributed by atoms with E-state index in [0.29, 0.717) is 12.0 Å². The number of fused-ring (bicyclic) bond motifs is 4. The van der Waals surface area contributed by atoms with E-state index in [9.17, 15) is 0 Å². The largest absolute Gasteiger partial charge is 0.369 e. The zero-order valence-electron chi connectivity index (χ0n) is 10.7.